The molecule has 9 heteroatoms. The second kappa shape index (κ2) is 9.23. The van der Waals surface area contributed by atoms with Crippen molar-refractivity contribution < 1.29 is 13.9 Å². The molecule has 30 heavy (non-hydrogen) atoms. The highest BCUT2D eigenvalue weighted by molar-refractivity contribution is 7.98. The van der Waals surface area contributed by atoms with Crippen LogP contribution in [0.3, 0.4) is 0 Å². The SMILES string of the molecule is COc1ccc(-c2nc(CSc3nnc(COc4ccccc4Cl)n3C)co2)cc1. The highest BCUT2D eigenvalue weighted by Gasteiger charge is 2.13. The maximum Gasteiger partial charge on any atom is 0.226 e. The highest BCUT2D eigenvalue weighted by atomic mass is 35.5. The van der Waals surface area contributed by atoms with Crippen LogP contribution >= 0.6 is 23.4 Å². The first kappa shape index (κ1) is 20.3. The molecule has 0 aliphatic carbocycles. The third-order valence-corrected chi connectivity index (χ3v) is 5.72. The van der Waals surface area contributed by atoms with Crippen LogP contribution in [-0.4, -0.2) is 26.9 Å². The van der Waals surface area contributed by atoms with E-state index in [1.807, 2.05) is 54.1 Å². The minimum atomic E-state index is 0.277. The summed E-state index contributed by atoms with van der Waals surface area (Å²) in [4.78, 5) is 4.55. The second-order valence-corrected chi connectivity index (χ2v) is 7.69. The van der Waals surface area contributed by atoms with Crippen molar-refractivity contribution in [1.29, 1.82) is 0 Å². The van der Waals surface area contributed by atoms with Crippen molar-refractivity contribution in [2.75, 3.05) is 7.11 Å². The summed E-state index contributed by atoms with van der Waals surface area (Å²) in [6, 6.07) is 14.9. The van der Waals surface area contributed by atoms with E-state index in [1.165, 1.54) is 11.8 Å². The van der Waals surface area contributed by atoms with E-state index in [1.54, 1.807) is 19.4 Å². The smallest absolute Gasteiger partial charge is 0.226 e. The van der Waals surface area contributed by atoms with Gasteiger partial charge in [-0.2, -0.15) is 0 Å². The Bertz CT molecular complexity index is 1130. The molecule has 0 radical (unpaired) electrons. The molecule has 0 spiro atoms. The zero-order chi connectivity index (χ0) is 20.9. The molecule has 0 atom stereocenters. The Balaban J connectivity index is 1.36. The minimum Gasteiger partial charge on any atom is -0.497 e. The molecular weight excluding hydrogens is 424 g/mol. The molecule has 0 bridgehead atoms. The summed E-state index contributed by atoms with van der Waals surface area (Å²) >= 11 is 7.65. The number of rotatable bonds is 8. The van der Waals surface area contributed by atoms with Crippen LogP contribution in [0.1, 0.15) is 11.5 Å². The molecule has 0 aliphatic heterocycles. The normalized spacial score (nSPS) is 10.9. The Kier molecular flexibility index (Phi) is 6.25. The minimum absolute atomic E-state index is 0.277. The van der Waals surface area contributed by atoms with Crippen LogP contribution in [0.2, 0.25) is 5.02 Å². The van der Waals surface area contributed by atoms with E-state index < -0.39 is 0 Å². The fourth-order valence-corrected chi connectivity index (χ4v) is 3.68. The van der Waals surface area contributed by atoms with Crippen molar-refractivity contribution in [3.05, 3.63) is 71.3 Å². The van der Waals surface area contributed by atoms with Gasteiger partial charge in [-0.25, -0.2) is 4.98 Å². The number of thioether (sulfide) groups is 1. The Morgan fingerprint density at radius 3 is 2.67 bits per heavy atom. The summed E-state index contributed by atoms with van der Waals surface area (Å²) in [6.45, 7) is 0.277. The number of ether oxygens (including phenoxy) is 2. The first-order valence-corrected chi connectivity index (χ1v) is 10.5. The number of benzene rings is 2. The summed E-state index contributed by atoms with van der Waals surface area (Å²) in [5, 5.41) is 9.78. The van der Waals surface area contributed by atoms with Crippen LogP contribution in [0.5, 0.6) is 11.5 Å². The van der Waals surface area contributed by atoms with Gasteiger partial charge in [-0.05, 0) is 36.4 Å². The lowest BCUT2D eigenvalue weighted by molar-refractivity contribution is 0.290. The number of hydrogen-bond donors (Lipinski definition) is 0. The molecule has 154 valence electrons. The lowest BCUT2D eigenvalue weighted by Crippen LogP contribution is -2.04. The van der Waals surface area contributed by atoms with Crippen LogP contribution in [-0.2, 0) is 19.4 Å². The van der Waals surface area contributed by atoms with Crippen molar-refractivity contribution in [2.24, 2.45) is 7.05 Å². The number of methoxy groups -OCH3 is 1. The molecule has 2 aromatic heterocycles. The number of hydrogen-bond acceptors (Lipinski definition) is 7. The molecule has 0 saturated carbocycles. The van der Waals surface area contributed by atoms with E-state index in [2.05, 4.69) is 15.2 Å². The van der Waals surface area contributed by atoms with Gasteiger partial charge in [0.25, 0.3) is 0 Å². The number of para-hydroxylation sites is 1. The predicted molar refractivity (Wildman–Crippen MR) is 115 cm³/mol. The third kappa shape index (κ3) is 4.60. The van der Waals surface area contributed by atoms with E-state index in [0.29, 0.717) is 28.2 Å². The first-order valence-electron chi connectivity index (χ1n) is 9.11. The van der Waals surface area contributed by atoms with Crippen molar-refractivity contribution in [3.63, 3.8) is 0 Å². The highest BCUT2D eigenvalue weighted by Crippen LogP contribution is 2.27. The maximum absolute atomic E-state index is 6.12. The quantitative estimate of drug-likeness (QED) is 0.355. The van der Waals surface area contributed by atoms with Gasteiger partial charge in [0.15, 0.2) is 11.0 Å². The number of aromatic nitrogens is 4. The summed E-state index contributed by atoms with van der Waals surface area (Å²) in [7, 11) is 3.54. The first-order chi connectivity index (χ1) is 14.6. The van der Waals surface area contributed by atoms with Crippen molar-refractivity contribution >= 4 is 23.4 Å². The van der Waals surface area contributed by atoms with E-state index in [9.17, 15) is 0 Å². The van der Waals surface area contributed by atoms with Crippen LogP contribution in [0, 0.1) is 0 Å². The van der Waals surface area contributed by atoms with Crippen LogP contribution in [0.15, 0.2) is 64.4 Å². The number of nitrogens with zero attached hydrogens (tertiary/aromatic N) is 4. The molecule has 2 aromatic carbocycles. The molecule has 0 aliphatic rings. The van der Waals surface area contributed by atoms with E-state index >= 15 is 0 Å². The van der Waals surface area contributed by atoms with E-state index in [4.69, 9.17) is 25.5 Å². The van der Waals surface area contributed by atoms with E-state index in [-0.39, 0.29) is 6.61 Å². The molecular formula is C21H19ClN4O3S. The molecule has 0 N–H and O–H groups in total. The zero-order valence-electron chi connectivity index (χ0n) is 16.4. The lowest BCUT2D eigenvalue weighted by Gasteiger charge is -2.07. The predicted octanol–water partition coefficient (Wildman–Crippen LogP) is 5.00. The molecule has 4 aromatic rings. The Hall–Kier alpha value is -2.97. The van der Waals surface area contributed by atoms with E-state index in [0.717, 1.165) is 22.2 Å². The Morgan fingerprint density at radius 1 is 1.10 bits per heavy atom. The van der Waals surface area contributed by atoms with Crippen LogP contribution in [0.4, 0.5) is 0 Å². The van der Waals surface area contributed by atoms with Crippen molar-refractivity contribution in [1.82, 2.24) is 19.7 Å². The van der Waals surface area contributed by atoms with Gasteiger partial charge >= 0.3 is 0 Å². The van der Waals surface area contributed by atoms with Gasteiger partial charge in [0, 0.05) is 18.4 Å². The molecule has 2 heterocycles. The average molecular weight is 443 g/mol. The molecule has 0 unspecified atom stereocenters. The fourth-order valence-electron chi connectivity index (χ4n) is 2.68. The molecule has 0 saturated heterocycles. The third-order valence-electron chi connectivity index (χ3n) is 4.36. The summed E-state index contributed by atoms with van der Waals surface area (Å²) < 4.78 is 18.4. The monoisotopic (exact) mass is 442 g/mol. The van der Waals surface area contributed by atoms with Gasteiger partial charge in [-0.3, -0.25) is 0 Å². The fraction of sp³-hybridized carbons (Fsp3) is 0.190. The summed E-state index contributed by atoms with van der Waals surface area (Å²) in [5.41, 5.74) is 1.72. The second-order valence-electron chi connectivity index (χ2n) is 6.34. The summed E-state index contributed by atoms with van der Waals surface area (Å²) in [6.07, 6.45) is 1.66. The molecule has 4 rings (SSSR count). The zero-order valence-corrected chi connectivity index (χ0v) is 18.0. The Labute approximate surface area is 183 Å². The molecule has 0 fully saturated rings. The van der Waals surface area contributed by atoms with Crippen molar-refractivity contribution in [2.45, 2.75) is 17.5 Å². The number of oxazole rings is 1. The lowest BCUT2D eigenvalue weighted by atomic mass is 10.2. The van der Waals surface area contributed by atoms with Gasteiger partial charge in [0.05, 0.1) is 17.8 Å². The van der Waals surface area contributed by atoms with Crippen LogP contribution < -0.4 is 9.47 Å². The van der Waals surface area contributed by atoms with Crippen LogP contribution in [0.25, 0.3) is 11.5 Å². The average Bonchev–Trinajstić information content (AvgIpc) is 3.38. The van der Waals surface area contributed by atoms with Gasteiger partial charge < -0.3 is 18.5 Å². The molecule has 0 amide bonds. The largest absolute Gasteiger partial charge is 0.497 e. The van der Waals surface area contributed by atoms with Gasteiger partial charge in [-0.1, -0.05) is 35.5 Å². The summed E-state index contributed by atoms with van der Waals surface area (Å²) in [5.74, 6) is 3.29. The van der Waals surface area contributed by atoms with Crippen molar-refractivity contribution in [3.8, 4) is 23.0 Å². The molecule has 7 nitrogen and oxygen atoms in total. The van der Waals surface area contributed by atoms with Gasteiger partial charge in [0.2, 0.25) is 5.89 Å². The maximum atomic E-state index is 6.12. The van der Waals surface area contributed by atoms with Gasteiger partial charge in [0.1, 0.15) is 24.4 Å². The topological polar surface area (TPSA) is 75.2 Å². The standard InChI is InChI=1S/C21H19ClN4O3S/c1-26-19(12-28-18-6-4-3-5-17(18)22)24-25-21(26)30-13-15-11-29-20(23-15)14-7-9-16(27-2)10-8-14/h3-11H,12-13H2,1-2H3. The number of halogens is 1. The van der Waals surface area contributed by atoms with Gasteiger partial charge in [-0.15, -0.1) is 10.2 Å². The Morgan fingerprint density at radius 2 is 1.90 bits per heavy atom.